The smallest absolute Gasteiger partial charge is 0.264 e. The lowest BCUT2D eigenvalue weighted by Gasteiger charge is -2.25. The molecule has 140 valence electrons. The summed E-state index contributed by atoms with van der Waals surface area (Å²) in [7, 11) is -3.86. The summed E-state index contributed by atoms with van der Waals surface area (Å²) in [6.07, 6.45) is 0.773. The highest BCUT2D eigenvalue weighted by molar-refractivity contribution is 9.10. The summed E-state index contributed by atoms with van der Waals surface area (Å²) in [6, 6.07) is 13.4. The van der Waals surface area contributed by atoms with Crippen molar-refractivity contribution in [2.24, 2.45) is 0 Å². The second-order valence-electron chi connectivity index (χ2n) is 6.18. The zero-order valence-corrected chi connectivity index (χ0v) is 17.5. The first kappa shape index (κ1) is 20.5. The van der Waals surface area contributed by atoms with Gasteiger partial charge >= 0.3 is 0 Å². The number of hydrogen-bond acceptors (Lipinski definition) is 3. The average molecular weight is 439 g/mol. The zero-order chi connectivity index (χ0) is 19.3. The fourth-order valence-electron chi connectivity index (χ4n) is 2.31. The van der Waals surface area contributed by atoms with Crippen LogP contribution in [-0.2, 0) is 14.8 Å². The third kappa shape index (κ3) is 5.08. The van der Waals surface area contributed by atoms with Crippen LogP contribution in [0.3, 0.4) is 0 Å². The second-order valence-corrected chi connectivity index (χ2v) is 8.96. The van der Waals surface area contributed by atoms with Crippen molar-refractivity contribution >= 4 is 37.5 Å². The van der Waals surface area contributed by atoms with Gasteiger partial charge in [0.25, 0.3) is 10.0 Å². The number of sulfonamides is 1. The van der Waals surface area contributed by atoms with Gasteiger partial charge in [0.1, 0.15) is 6.54 Å². The van der Waals surface area contributed by atoms with Gasteiger partial charge in [-0.25, -0.2) is 8.42 Å². The number of nitrogens with one attached hydrogen (secondary N) is 1. The van der Waals surface area contributed by atoms with Crippen molar-refractivity contribution in [3.05, 3.63) is 58.6 Å². The standard InChI is InChI=1S/C19H23BrN2O3S/c1-4-15(3)21-19(23)13-22(17-9-7-16(20)8-10-17)26(24,25)18-11-5-14(2)6-12-18/h5-12,15H,4,13H2,1-3H3,(H,21,23)/t15-/m1/s1. The van der Waals surface area contributed by atoms with Crippen LogP contribution in [0, 0.1) is 6.92 Å². The average Bonchev–Trinajstić information content (AvgIpc) is 2.60. The van der Waals surface area contributed by atoms with E-state index in [-0.39, 0.29) is 23.4 Å². The maximum Gasteiger partial charge on any atom is 0.264 e. The maximum absolute atomic E-state index is 13.2. The van der Waals surface area contributed by atoms with E-state index in [1.54, 1.807) is 48.5 Å². The summed E-state index contributed by atoms with van der Waals surface area (Å²) in [5, 5.41) is 2.82. The number of benzene rings is 2. The van der Waals surface area contributed by atoms with Crippen molar-refractivity contribution in [3.63, 3.8) is 0 Å². The molecule has 0 saturated carbocycles. The van der Waals surface area contributed by atoms with E-state index < -0.39 is 10.0 Å². The van der Waals surface area contributed by atoms with Crippen LogP contribution in [0.15, 0.2) is 57.9 Å². The minimum absolute atomic E-state index is 0.0173. The van der Waals surface area contributed by atoms with E-state index in [4.69, 9.17) is 0 Å². The van der Waals surface area contributed by atoms with Gasteiger partial charge in [0, 0.05) is 10.5 Å². The van der Waals surface area contributed by atoms with Gasteiger partial charge in [-0.1, -0.05) is 40.5 Å². The number of rotatable bonds is 7. The summed E-state index contributed by atoms with van der Waals surface area (Å²) in [6.45, 7) is 5.46. The summed E-state index contributed by atoms with van der Waals surface area (Å²) in [4.78, 5) is 12.5. The number of carbonyl (C=O) groups is 1. The second kappa shape index (κ2) is 8.68. The molecule has 0 radical (unpaired) electrons. The molecule has 1 amide bonds. The van der Waals surface area contributed by atoms with Crippen LogP contribution < -0.4 is 9.62 Å². The van der Waals surface area contributed by atoms with Gasteiger partial charge in [-0.15, -0.1) is 0 Å². The first-order chi connectivity index (χ1) is 12.2. The number of amides is 1. The molecular weight excluding hydrogens is 416 g/mol. The van der Waals surface area contributed by atoms with E-state index in [2.05, 4.69) is 21.2 Å². The van der Waals surface area contributed by atoms with Crippen molar-refractivity contribution < 1.29 is 13.2 Å². The summed E-state index contributed by atoms with van der Waals surface area (Å²) in [5.74, 6) is -0.335. The Kier molecular flexibility index (Phi) is 6.83. The molecule has 0 aliphatic carbocycles. The van der Waals surface area contributed by atoms with Crippen LogP contribution in [0.1, 0.15) is 25.8 Å². The van der Waals surface area contributed by atoms with Gasteiger partial charge in [0.15, 0.2) is 0 Å². The molecule has 0 spiro atoms. The van der Waals surface area contributed by atoms with E-state index in [0.717, 1.165) is 20.8 Å². The molecule has 5 nitrogen and oxygen atoms in total. The van der Waals surface area contributed by atoms with Gasteiger partial charge < -0.3 is 5.32 Å². The van der Waals surface area contributed by atoms with Crippen molar-refractivity contribution in [3.8, 4) is 0 Å². The molecule has 2 aromatic carbocycles. The van der Waals surface area contributed by atoms with E-state index in [9.17, 15) is 13.2 Å². The van der Waals surface area contributed by atoms with Crippen LogP contribution in [0.4, 0.5) is 5.69 Å². The Morgan fingerprint density at radius 3 is 2.23 bits per heavy atom. The zero-order valence-electron chi connectivity index (χ0n) is 15.1. The molecule has 0 aliphatic rings. The maximum atomic E-state index is 13.2. The van der Waals surface area contributed by atoms with Crippen LogP contribution in [-0.4, -0.2) is 26.9 Å². The lowest BCUT2D eigenvalue weighted by Crippen LogP contribution is -2.43. The molecule has 0 aliphatic heterocycles. The highest BCUT2D eigenvalue weighted by Gasteiger charge is 2.27. The Balaban J connectivity index is 2.40. The monoisotopic (exact) mass is 438 g/mol. The molecule has 26 heavy (non-hydrogen) atoms. The molecule has 2 aromatic rings. The van der Waals surface area contributed by atoms with Gasteiger partial charge in [-0.05, 0) is 56.7 Å². The summed E-state index contributed by atoms with van der Waals surface area (Å²) < 4.78 is 28.3. The topological polar surface area (TPSA) is 66.5 Å². The first-order valence-corrected chi connectivity index (χ1v) is 10.6. The van der Waals surface area contributed by atoms with Gasteiger partial charge in [-0.2, -0.15) is 0 Å². The highest BCUT2D eigenvalue weighted by atomic mass is 79.9. The normalized spacial score (nSPS) is 12.5. The third-order valence-electron chi connectivity index (χ3n) is 4.03. The molecular formula is C19H23BrN2O3S. The number of aryl methyl sites for hydroxylation is 1. The predicted octanol–water partition coefficient (Wildman–Crippen LogP) is 3.87. The Morgan fingerprint density at radius 1 is 1.12 bits per heavy atom. The highest BCUT2D eigenvalue weighted by Crippen LogP contribution is 2.25. The molecule has 0 heterocycles. The van der Waals surface area contributed by atoms with Crippen LogP contribution in [0.5, 0.6) is 0 Å². The summed E-state index contributed by atoms with van der Waals surface area (Å²) in [5.41, 5.74) is 1.40. The number of nitrogens with zero attached hydrogens (tertiary/aromatic N) is 1. The van der Waals surface area contributed by atoms with E-state index >= 15 is 0 Å². The van der Waals surface area contributed by atoms with Gasteiger partial charge in [0.2, 0.25) is 5.91 Å². The molecule has 7 heteroatoms. The lowest BCUT2D eigenvalue weighted by molar-refractivity contribution is -0.120. The fourth-order valence-corrected chi connectivity index (χ4v) is 4.00. The van der Waals surface area contributed by atoms with E-state index in [0.29, 0.717) is 5.69 Å². The first-order valence-electron chi connectivity index (χ1n) is 8.38. The Bertz CT molecular complexity index is 849. The lowest BCUT2D eigenvalue weighted by atomic mass is 10.2. The van der Waals surface area contributed by atoms with Crippen molar-refractivity contribution in [2.45, 2.75) is 38.1 Å². The summed E-state index contributed by atoms with van der Waals surface area (Å²) >= 11 is 3.34. The number of carbonyl (C=O) groups excluding carboxylic acids is 1. The Hall–Kier alpha value is -1.86. The van der Waals surface area contributed by atoms with Gasteiger partial charge in [-0.3, -0.25) is 9.10 Å². The van der Waals surface area contributed by atoms with E-state index in [1.165, 1.54) is 0 Å². The largest absolute Gasteiger partial charge is 0.352 e. The molecule has 1 atom stereocenters. The number of halogens is 1. The minimum Gasteiger partial charge on any atom is -0.352 e. The molecule has 0 aromatic heterocycles. The predicted molar refractivity (Wildman–Crippen MR) is 108 cm³/mol. The molecule has 0 unspecified atom stereocenters. The number of hydrogen-bond donors (Lipinski definition) is 1. The fraction of sp³-hybridized carbons (Fsp3) is 0.316. The van der Waals surface area contributed by atoms with Crippen molar-refractivity contribution in [1.82, 2.24) is 5.32 Å². The van der Waals surface area contributed by atoms with Crippen LogP contribution in [0.2, 0.25) is 0 Å². The van der Waals surface area contributed by atoms with Crippen LogP contribution in [0.25, 0.3) is 0 Å². The van der Waals surface area contributed by atoms with Gasteiger partial charge in [0.05, 0.1) is 10.6 Å². The van der Waals surface area contributed by atoms with E-state index in [1.807, 2.05) is 20.8 Å². The molecule has 0 bridgehead atoms. The molecule has 0 saturated heterocycles. The van der Waals surface area contributed by atoms with Crippen molar-refractivity contribution in [2.75, 3.05) is 10.8 Å². The molecule has 1 N–H and O–H groups in total. The Morgan fingerprint density at radius 2 is 1.69 bits per heavy atom. The SMILES string of the molecule is CC[C@@H](C)NC(=O)CN(c1ccc(Br)cc1)S(=O)(=O)c1ccc(C)cc1. The minimum atomic E-state index is -3.86. The van der Waals surface area contributed by atoms with Crippen LogP contribution >= 0.6 is 15.9 Å². The third-order valence-corrected chi connectivity index (χ3v) is 6.35. The molecule has 0 fully saturated rings. The number of anilines is 1. The van der Waals surface area contributed by atoms with Crippen molar-refractivity contribution in [1.29, 1.82) is 0 Å². The quantitative estimate of drug-likeness (QED) is 0.713. The Labute approximate surface area is 163 Å². The molecule has 2 rings (SSSR count).